The van der Waals surface area contributed by atoms with Crippen LogP contribution in [-0.4, -0.2) is 106 Å². The number of aromatic nitrogens is 4. The minimum atomic E-state index is -0.792. The van der Waals surface area contributed by atoms with Gasteiger partial charge in [0, 0.05) is 32.1 Å². The predicted octanol–water partition coefficient (Wildman–Crippen LogP) is 6.74. The molecule has 332 valence electrons. The molecule has 16 heteroatoms. The largest absolute Gasteiger partial charge is 0.453 e. The number of methoxy groups -OCH3 is 2. The molecule has 2 aromatic heterocycles. The number of aromatic amines is 2. The average molecular weight is 860 g/mol. The molecule has 0 unspecified atom stereocenters. The average Bonchev–Trinajstić information content (AvgIpc) is 4.12. The highest BCUT2D eigenvalue weighted by Gasteiger charge is 2.42. The number of H-pyrrole nitrogens is 2. The molecule has 2 fully saturated rings. The molecule has 3 aromatic carbocycles. The number of carbonyl (C=O) groups is 5. The Bertz CT molecular complexity index is 2460. The van der Waals surface area contributed by atoms with Crippen molar-refractivity contribution in [2.75, 3.05) is 33.9 Å². The first-order valence-electron chi connectivity index (χ1n) is 21.5. The molecular formula is C47H57N9O7. The van der Waals surface area contributed by atoms with E-state index in [4.69, 9.17) is 19.4 Å². The van der Waals surface area contributed by atoms with Crippen molar-refractivity contribution in [3.05, 3.63) is 84.7 Å². The van der Waals surface area contributed by atoms with Crippen LogP contribution in [0.15, 0.2) is 73.1 Å². The van der Waals surface area contributed by atoms with E-state index in [9.17, 15) is 24.0 Å². The summed E-state index contributed by atoms with van der Waals surface area (Å²) in [5, 5.41) is 10.4. The first-order valence-corrected chi connectivity index (χ1v) is 21.5. The number of nitrogens with zero attached hydrogens (tertiary/aromatic N) is 4. The standard InChI is InChI=1S/C47H57N9O7/c1-26(2)40(53-46(60)62-6)44(58)55-18-8-9-38(55)42-49-24-37(52-42)35-17-16-33-20-32(14-15-34(33)21-35)30-10-12-31(13-11-30)36-23-50-43(51-36)39-19-29(22-48-28(5)57)25-56(39)45(59)41(27(3)4)54-47(61)63-7/h10-17,20-21,23-24,26-27,29,38-41H,8-9,18-19,22,25H2,1-7H3,(H,48,57)(H,49,52)(H,50,51)(H,53,60)(H,54,61)/t29-,38+,39+,40+,41+/m1/s1. The van der Waals surface area contributed by atoms with Crippen molar-refractivity contribution < 1.29 is 33.4 Å². The predicted molar refractivity (Wildman–Crippen MR) is 238 cm³/mol. The Morgan fingerprint density at radius 2 is 1.21 bits per heavy atom. The molecule has 2 aliphatic heterocycles. The van der Waals surface area contributed by atoms with Gasteiger partial charge in [-0.2, -0.15) is 0 Å². The van der Waals surface area contributed by atoms with Crippen LogP contribution < -0.4 is 16.0 Å². The van der Waals surface area contributed by atoms with Gasteiger partial charge < -0.3 is 45.2 Å². The molecule has 5 N–H and O–H groups in total. The number of benzene rings is 3. The van der Waals surface area contributed by atoms with E-state index >= 15 is 0 Å². The van der Waals surface area contributed by atoms with Crippen LogP contribution in [-0.2, 0) is 23.9 Å². The fraction of sp³-hybridized carbons (Fsp3) is 0.426. The van der Waals surface area contributed by atoms with Crippen molar-refractivity contribution in [2.24, 2.45) is 17.8 Å². The van der Waals surface area contributed by atoms with E-state index in [-0.39, 0.29) is 47.6 Å². The number of imidazole rings is 2. The van der Waals surface area contributed by atoms with Gasteiger partial charge in [0.1, 0.15) is 23.7 Å². The smallest absolute Gasteiger partial charge is 0.407 e. The molecule has 4 heterocycles. The van der Waals surface area contributed by atoms with Crippen LogP contribution in [0.4, 0.5) is 9.59 Å². The van der Waals surface area contributed by atoms with Crippen LogP contribution in [0.5, 0.6) is 0 Å². The Balaban J connectivity index is 1.04. The highest BCUT2D eigenvalue weighted by molar-refractivity contribution is 5.91. The fourth-order valence-corrected chi connectivity index (χ4v) is 8.67. The van der Waals surface area contributed by atoms with Crippen LogP contribution in [0.2, 0.25) is 0 Å². The Kier molecular flexibility index (Phi) is 13.5. The van der Waals surface area contributed by atoms with E-state index in [1.54, 1.807) is 11.1 Å². The lowest BCUT2D eigenvalue weighted by molar-refractivity contribution is -0.136. The van der Waals surface area contributed by atoms with E-state index in [0.717, 1.165) is 63.1 Å². The van der Waals surface area contributed by atoms with Gasteiger partial charge in [-0.1, -0.05) is 76.2 Å². The highest BCUT2D eigenvalue weighted by Crippen LogP contribution is 2.37. The second kappa shape index (κ2) is 19.1. The lowest BCUT2D eigenvalue weighted by atomic mass is 9.98. The third kappa shape index (κ3) is 9.84. The third-order valence-corrected chi connectivity index (χ3v) is 12.1. The van der Waals surface area contributed by atoms with Crippen molar-refractivity contribution in [2.45, 2.75) is 78.0 Å². The summed E-state index contributed by atoms with van der Waals surface area (Å²) in [6.07, 6.45) is 4.48. The molecule has 5 amide bonds. The van der Waals surface area contributed by atoms with Crippen LogP contribution in [0.25, 0.3) is 44.4 Å². The van der Waals surface area contributed by atoms with Crippen LogP contribution in [0.3, 0.4) is 0 Å². The molecule has 0 bridgehead atoms. The van der Waals surface area contributed by atoms with Gasteiger partial charge in [-0.3, -0.25) is 14.4 Å². The van der Waals surface area contributed by atoms with Crippen molar-refractivity contribution in [3.8, 4) is 33.6 Å². The molecule has 2 saturated heterocycles. The zero-order valence-electron chi connectivity index (χ0n) is 36.9. The van der Waals surface area contributed by atoms with Crippen molar-refractivity contribution >= 4 is 40.7 Å². The molecule has 63 heavy (non-hydrogen) atoms. The Morgan fingerprint density at radius 1 is 0.698 bits per heavy atom. The van der Waals surface area contributed by atoms with E-state index < -0.39 is 24.3 Å². The summed E-state index contributed by atoms with van der Waals surface area (Å²) >= 11 is 0. The fourth-order valence-electron chi connectivity index (χ4n) is 8.67. The van der Waals surface area contributed by atoms with Crippen LogP contribution >= 0.6 is 0 Å². The maximum absolute atomic E-state index is 14.0. The summed E-state index contributed by atoms with van der Waals surface area (Å²) < 4.78 is 9.57. The summed E-state index contributed by atoms with van der Waals surface area (Å²) in [5.74, 6) is 0.534. The SMILES string of the molecule is COC(=O)N[C@H](C(=O)N1CCC[C@H]1c1ncc(-c2ccc3cc(-c4ccc(-c5cnc([C@@H]6C[C@H](CNC(C)=O)CN6C(=O)[C@@H](NC(=O)OC)C(C)C)[nH]5)cc4)ccc3c2)[nH]1)C(C)C. The van der Waals surface area contributed by atoms with Crippen LogP contribution in [0.1, 0.15) is 77.6 Å². The molecule has 0 radical (unpaired) electrons. The number of ether oxygens (including phenoxy) is 2. The number of nitrogens with one attached hydrogen (secondary N) is 5. The Hall–Kier alpha value is -6.71. The molecule has 2 aliphatic rings. The van der Waals surface area contributed by atoms with Gasteiger partial charge in [-0.15, -0.1) is 0 Å². The summed E-state index contributed by atoms with van der Waals surface area (Å²) in [6.45, 7) is 10.4. The second-order valence-electron chi connectivity index (χ2n) is 17.2. The number of rotatable bonds is 13. The minimum absolute atomic E-state index is 0.00275. The van der Waals surface area contributed by atoms with E-state index in [2.05, 4.69) is 74.4 Å². The molecule has 0 saturated carbocycles. The number of hydrogen-bond donors (Lipinski definition) is 5. The molecule has 16 nitrogen and oxygen atoms in total. The van der Waals surface area contributed by atoms with E-state index in [1.807, 2.05) is 50.9 Å². The van der Waals surface area contributed by atoms with E-state index in [0.29, 0.717) is 31.9 Å². The Labute approximate surface area is 366 Å². The number of amides is 5. The van der Waals surface area contributed by atoms with Gasteiger partial charge in [-0.05, 0) is 76.6 Å². The van der Waals surface area contributed by atoms with Crippen molar-refractivity contribution in [3.63, 3.8) is 0 Å². The molecule has 5 atom stereocenters. The number of fused-ring (bicyclic) bond motifs is 1. The van der Waals surface area contributed by atoms with Gasteiger partial charge in [0.25, 0.3) is 0 Å². The first-order chi connectivity index (χ1) is 30.2. The second-order valence-corrected chi connectivity index (χ2v) is 17.2. The monoisotopic (exact) mass is 859 g/mol. The van der Waals surface area contributed by atoms with E-state index in [1.165, 1.54) is 21.1 Å². The maximum Gasteiger partial charge on any atom is 0.407 e. The first kappa shape index (κ1) is 44.3. The lowest BCUT2D eigenvalue weighted by Crippen LogP contribution is -2.51. The molecule has 0 aliphatic carbocycles. The van der Waals surface area contributed by atoms with Gasteiger partial charge in [-0.25, -0.2) is 19.6 Å². The summed E-state index contributed by atoms with van der Waals surface area (Å²) in [6, 6.07) is 18.8. The zero-order valence-corrected chi connectivity index (χ0v) is 36.9. The van der Waals surface area contributed by atoms with Gasteiger partial charge in [0.15, 0.2) is 0 Å². The molecular weight excluding hydrogens is 803 g/mol. The van der Waals surface area contributed by atoms with Crippen molar-refractivity contribution in [1.82, 2.24) is 45.7 Å². The normalized spacial score (nSPS) is 18.4. The van der Waals surface area contributed by atoms with Crippen LogP contribution in [0, 0.1) is 17.8 Å². The number of likely N-dealkylation sites (tertiary alicyclic amines) is 2. The van der Waals surface area contributed by atoms with Gasteiger partial charge >= 0.3 is 12.2 Å². The lowest BCUT2D eigenvalue weighted by Gasteiger charge is -2.30. The molecule has 5 aromatic rings. The van der Waals surface area contributed by atoms with Gasteiger partial charge in [0.2, 0.25) is 17.7 Å². The highest BCUT2D eigenvalue weighted by atomic mass is 16.5. The molecule has 7 rings (SSSR count). The minimum Gasteiger partial charge on any atom is -0.453 e. The Morgan fingerprint density at radius 3 is 1.78 bits per heavy atom. The molecule has 0 spiro atoms. The maximum atomic E-state index is 14.0. The quantitative estimate of drug-likeness (QED) is 0.0850. The summed E-state index contributed by atoms with van der Waals surface area (Å²) in [7, 11) is 2.55. The number of hydrogen-bond acceptors (Lipinski definition) is 9. The number of alkyl carbamates (subject to hydrolysis) is 2. The summed E-state index contributed by atoms with van der Waals surface area (Å²) in [5.41, 5.74) is 5.68. The third-order valence-electron chi connectivity index (χ3n) is 12.1. The zero-order chi connectivity index (χ0) is 44.9. The van der Waals surface area contributed by atoms with Crippen molar-refractivity contribution in [1.29, 1.82) is 0 Å². The van der Waals surface area contributed by atoms with Gasteiger partial charge in [0.05, 0.1) is 50.1 Å². The summed E-state index contributed by atoms with van der Waals surface area (Å²) in [4.78, 5) is 83.4. The topological polar surface area (TPSA) is 204 Å². The number of carbonyl (C=O) groups excluding carboxylic acids is 5.